The number of hydrogen-bond acceptors (Lipinski definition) is 3. The largest absolute Gasteiger partial charge is 0.349 e. The lowest BCUT2D eigenvalue weighted by Gasteiger charge is -2.28. The van der Waals surface area contributed by atoms with E-state index in [0.29, 0.717) is 11.9 Å². The summed E-state index contributed by atoms with van der Waals surface area (Å²) in [5.74, 6) is 1.57. The number of anilines is 1. The van der Waals surface area contributed by atoms with Crippen LogP contribution in [0.4, 0.5) is 5.82 Å². The Balaban J connectivity index is 2.33. The molecule has 0 N–H and O–H groups in total. The van der Waals surface area contributed by atoms with E-state index in [-0.39, 0.29) is 0 Å². The van der Waals surface area contributed by atoms with Gasteiger partial charge < -0.3 is 4.90 Å². The van der Waals surface area contributed by atoms with Crippen LogP contribution in [-0.4, -0.2) is 11.0 Å². The van der Waals surface area contributed by atoms with Gasteiger partial charge in [0.1, 0.15) is 5.82 Å². The summed E-state index contributed by atoms with van der Waals surface area (Å²) in [5.41, 5.74) is 2.25. The standard InChI is InChI=1S/C16H21ClN2S/c1-4-14-8-13(10-17)9-16(18-14)19(12(2)3)11-15-6-5-7-20-15/h5-9,12H,4,10-11H2,1-3H3. The molecule has 2 nitrogen and oxygen atoms in total. The molecular formula is C16H21ClN2S. The SMILES string of the molecule is CCc1cc(CCl)cc(N(Cc2cccs2)C(C)C)n1. The highest BCUT2D eigenvalue weighted by atomic mass is 35.5. The van der Waals surface area contributed by atoms with E-state index >= 15 is 0 Å². The monoisotopic (exact) mass is 308 g/mol. The van der Waals surface area contributed by atoms with Crippen molar-refractivity contribution < 1.29 is 0 Å². The molecule has 0 aliphatic rings. The summed E-state index contributed by atoms with van der Waals surface area (Å²) in [5, 5.41) is 2.12. The third kappa shape index (κ3) is 3.74. The second-order valence-electron chi connectivity index (χ2n) is 5.11. The number of hydrogen-bond donors (Lipinski definition) is 0. The van der Waals surface area contributed by atoms with Crippen LogP contribution >= 0.6 is 22.9 Å². The summed E-state index contributed by atoms with van der Waals surface area (Å²) in [7, 11) is 0. The zero-order valence-electron chi connectivity index (χ0n) is 12.3. The normalized spacial score (nSPS) is 11.1. The molecule has 108 valence electrons. The lowest BCUT2D eigenvalue weighted by atomic mass is 10.2. The molecule has 2 aromatic heterocycles. The lowest BCUT2D eigenvalue weighted by molar-refractivity contribution is 0.674. The zero-order chi connectivity index (χ0) is 14.5. The highest BCUT2D eigenvalue weighted by Gasteiger charge is 2.14. The molecule has 0 atom stereocenters. The third-order valence-electron chi connectivity index (χ3n) is 3.27. The molecule has 0 spiro atoms. The maximum Gasteiger partial charge on any atom is 0.129 e. The van der Waals surface area contributed by atoms with Crippen molar-refractivity contribution in [2.45, 2.75) is 45.7 Å². The van der Waals surface area contributed by atoms with E-state index in [1.54, 1.807) is 11.3 Å². The van der Waals surface area contributed by atoms with Crippen molar-refractivity contribution in [3.8, 4) is 0 Å². The van der Waals surface area contributed by atoms with Gasteiger partial charge in [0, 0.05) is 22.5 Å². The smallest absolute Gasteiger partial charge is 0.129 e. The quantitative estimate of drug-likeness (QED) is 0.708. The molecule has 20 heavy (non-hydrogen) atoms. The summed E-state index contributed by atoms with van der Waals surface area (Å²) in [6.45, 7) is 7.43. The average molecular weight is 309 g/mol. The Morgan fingerprint density at radius 1 is 1.35 bits per heavy atom. The molecule has 2 aromatic rings. The second-order valence-corrected chi connectivity index (χ2v) is 6.41. The molecule has 4 heteroatoms. The second kappa shape index (κ2) is 7.09. The number of nitrogens with zero attached hydrogens (tertiary/aromatic N) is 2. The van der Waals surface area contributed by atoms with Gasteiger partial charge in [-0.15, -0.1) is 22.9 Å². The summed E-state index contributed by atoms with van der Waals surface area (Å²) in [6.07, 6.45) is 0.933. The van der Waals surface area contributed by atoms with Crippen LogP contribution in [0.25, 0.3) is 0 Å². The van der Waals surface area contributed by atoms with E-state index < -0.39 is 0 Å². The van der Waals surface area contributed by atoms with E-state index in [4.69, 9.17) is 16.6 Å². The van der Waals surface area contributed by atoms with Crippen LogP contribution in [0.1, 0.15) is 36.9 Å². The van der Waals surface area contributed by atoms with Crippen molar-refractivity contribution in [1.29, 1.82) is 0 Å². The van der Waals surface area contributed by atoms with Crippen molar-refractivity contribution in [2.24, 2.45) is 0 Å². The van der Waals surface area contributed by atoms with Gasteiger partial charge in [-0.25, -0.2) is 4.98 Å². The first kappa shape index (κ1) is 15.3. The minimum Gasteiger partial charge on any atom is -0.349 e. The number of halogens is 1. The molecule has 0 bridgehead atoms. The number of pyridine rings is 1. The molecule has 0 aliphatic heterocycles. The molecular weight excluding hydrogens is 288 g/mol. The van der Waals surface area contributed by atoms with Crippen LogP contribution < -0.4 is 4.90 Å². The molecule has 0 amide bonds. The summed E-state index contributed by atoms with van der Waals surface area (Å²) in [4.78, 5) is 8.46. The first-order valence-corrected chi connectivity index (χ1v) is 8.40. The van der Waals surface area contributed by atoms with Crippen LogP contribution in [0, 0.1) is 0 Å². The number of rotatable bonds is 6. The molecule has 2 heterocycles. The van der Waals surface area contributed by atoms with Crippen molar-refractivity contribution in [2.75, 3.05) is 4.90 Å². The number of aromatic nitrogens is 1. The Labute approximate surface area is 130 Å². The molecule has 0 saturated carbocycles. The number of thiophene rings is 1. The highest BCUT2D eigenvalue weighted by molar-refractivity contribution is 7.09. The Hall–Kier alpha value is -1.06. The van der Waals surface area contributed by atoms with E-state index in [2.05, 4.69) is 55.3 Å². The van der Waals surface area contributed by atoms with E-state index in [0.717, 1.165) is 30.0 Å². The maximum absolute atomic E-state index is 6.01. The van der Waals surface area contributed by atoms with Gasteiger partial charge in [0.05, 0.1) is 6.54 Å². The molecule has 0 aliphatic carbocycles. The van der Waals surface area contributed by atoms with Gasteiger partial charge in [-0.1, -0.05) is 13.0 Å². The molecule has 0 fully saturated rings. The Bertz CT molecular complexity index is 515. The fourth-order valence-electron chi connectivity index (χ4n) is 2.14. The first-order chi connectivity index (χ1) is 9.63. The summed E-state index contributed by atoms with van der Waals surface area (Å²) >= 11 is 7.80. The van der Waals surface area contributed by atoms with E-state index in [9.17, 15) is 0 Å². The van der Waals surface area contributed by atoms with Crippen LogP contribution in [0.5, 0.6) is 0 Å². The third-order valence-corrected chi connectivity index (χ3v) is 4.43. The van der Waals surface area contributed by atoms with Crippen molar-refractivity contribution in [1.82, 2.24) is 4.98 Å². The van der Waals surface area contributed by atoms with Gasteiger partial charge in [0.15, 0.2) is 0 Å². The van der Waals surface area contributed by atoms with Gasteiger partial charge >= 0.3 is 0 Å². The lowest BCUT2D eigenvalue weighted by Crippen LogP contribution is -2.30. The van der Waals surface area contributed by atoms with Gasteiger partial charge in [-0.3, -0.25) is 0 Å². The Morgan fingerprint density at radius 2 is 2.15 bits per heavy atom. The fourth-order valence-corrected chi connectivity index (χ4v) is 2.99. The summed E-state index contributed by atoms with van der Waals surface area (Å²) < 4.78 is 0. The Morgan fingerprint density at radius 3 is 2.70 bits per heavy atom. The van der Waals surface area contributed by atoms with Crippen molar-refractivity contribution in [3.63, 3.8) is 0 Å². The van der Waals surface area contributed by atoms with Gasteiger partial charge in [-0.2, -0.15) is 0 Å². The van der Waals surface area contributed by atoms with Crippen LogP contribution in [0.3, 0.4) is 0 Å². The average Bonchev–Trinajstić information content (AvgIpc) is 2.96. The minimum atomic E-state index is 0.403. The van der Waals surface area contributed by atoms with Crippen LogP contribution in [-0.2, 0) is 18.8 Å². The van der Waals surface area contributed by atoms with Gasteiger partial charge in [0.25, 0.3) is 0 Å². The first-order valence-electron chi connectivity index (χ1n) is 6.98. The van der Waals surface area contributed by atoms with Gasteiger partial charge in [0.2, 0.25) is 0 Å². The summed E-state index contributed by atoms with van der Waals surface area (Å²) in [6, 6.07) is 8.88. The van der Waals surface area contributed by atoms with Crippen molar-refractivity contribution >= 4 is 28.8 Å². The molecule has 0 aromatic carbocycles. The Kier molecular flexibility index (Phi) is 5.44. The number of aryl methyl sites for hydroxylation is 1. The predicted molar refractivity (Wildman–Crippen MR) is 88.8 cm³/mol. The van der Waals surface area contributed by atoms with Crippen LogP contribution in [0.2, 0.25) is 0 Å². The topological polar surface area (TPSA) is 16.1 Å². The molecule has 0 saturated heterocycles. The zero-order valence-corrected chi connectivity index (χ0v) is 13.8. The molecule has 2 rings (SSSR count). The van der Waals surface area contributed by atoms with Gasteiger partial charge in [-0.05, 0) is 49.4 Å². The van der Waals surface area contributed by atoms with Crippen LogP contribution in [0.15, 0.2) is 29.6 Å². The number of alkyl halides is 1. The predicted octanol–water partition coefficient (Wildman–Crippen LogP) is 4.86. The van der Waals surface area contributed by atoms with E-state index in [1.165, 1.54) is 4.88 Å². The highest BCUT2D eigenvalue weighted by Crippen LogP contribution is 2.23. The van der Waals surface area contributed by atoms with Crippen molar-refractivity contribution in [3.05, 3.63) is 45.8 Å². The molecule has 0 radical (unpaired) electrons. The van der Waals surface area contributed by atoms with E-state index in [1.807, 2.05) is 0 Å². The fraction of sp³-hybridized carbons (Fsp3) is 0.438. The maximum atomic E-state index is 6.01. The minimum absolute atomic E-state index is 0.403. The molecule has 0 unspecified atom stereocenters.